The number of hydrogen-bond donors (Lipinski definition) is 0. The minimum absolute atomic E-state index is 0.617. The fourth-order valence-electron chi connectivity index (χ4n) is 2.32. The molecule has 0 radical (unpaired) electrons. The average molecular weight is 306 g/mol. The van der Waals surface area contributed by atoms with Gasteiger partial charge in [-0.1, -0.05) is 42.0 Å². The van der Waals surface area contributed by atoms with Crippen molar-refractivity contribution in [3.05, 3.63) is 75.9 Å². The van der Waals surface area contributed by atoms with Crippen molar-refractivity contribution in [3.8, 4) is 5.75 Å². The topological polar surface area (TPSA) is 9.23 Å². The van der Waals surface area contributed by atoms with E-state index in [0.717, 1.165) is 11.3 Å². The van der Waals surface area contributed by atoms with Crippen molar-refractivity contribution in [2.24, 2.45) is 0 Å². The molecule has 0 aliphatic heterocycles. The summed E-state index contributed by atoms with van der Waals surface area (Å²) in [4.78, 5) is 0. The van der Waals surface area contributed by atoms with E-state index in [1.807, 2.05) is 0 Å². The molecule has 2 aromatic carbocycles. The Hall–Kier alpha value is -2.28. The van der Waals surface area contributed by atoms with Crippen LogP contribution in [0.4, 0.5) is 0 Å². The van der Waals surface area contributed by atoms with Gasteiger partial charge in [0.1, 0.15) is 12.4 Å². The van der Waals surface area contributed by atoms with Crippen molar-refractivity contribution in [3.63, 3.8) is 0 Å². The molecule has 1 heteroatoms. The monoisotopic (exact) mass is 306 g/mol. The molecule has 0 unspecified atom stereocenters. The molecule has 0 fully saturated rings. The van der Waals surface area contributed by atoms with E-state index >= 15 is 0 Å². The van der Waals surface area contributed by atoms with E-state index in [1.165, 1.54) is 27.8 Å². The summed E-state index contributed by atoms with van der Waals surface area (Å²) in [5, 5.41) is 0. The highest BCUT2D eigenvalue weighted by atomic mass is 16.5. The first-order valence-corrected chi connectivity index (χ1v) is 8.07. The molecule has 0 saturated carbocycles. The van der Waals surface area contributed by atoms with E-state index < -0.39 is 0 Å². The number of rotatable bonds is 5. The lowest BCUT2D eigenvalue weighted by Crippen LogP contribution is -1.95. The van der Waals surface area contributed by atoms with Gasteiger partial charge in [-0.25, -0.2) is 0 Å². The Morgan fingerprint density at radius 2 is 1.61 bits per heavy atom. The van der Waals surface area contributed by atoms with Crippen LogP contribution in [-0.4, -0.2) is 6.61 Å². The Morgan fingerprint density at radius 1 is 0.870 bits per heavy atom. The predicted octanol–water partition coefficient (Wildman–Crippen LogP) is 6.13. The van der Waals surface area contributed by atoms with Gasteiger partial charge in [0, 0.05) is 0 Å². The molecule has 0 atom stereocenters. The molecule has 23 heavy (non-hydrogen) atoms. The average Bonchev–Trinajstić information content (AvgIpc) is 2.48. The molecule has 0 spiro atoms. The first-order chi connectivity index (χ1) is 10.9. The van der Waals surface area contributed by atoms with Crippen molar-refractivity contribution in [2.45, 2.75) is 34.6 Å². The second-order valence-electron chi connectivity index (χ2n) is 6.35. The number of allylic oxidation sites excluding steroid dienone is 1. The van der Waals surface area contributed by atoms with E-state index in [4.69, 9.17) is 4.74 Å². The summed E-state index contributed by atoms with van der Waals surface area (Å²) >= 11 is 0. The molecule has 120 valence electrons. The van der Waals surface area contributed by atoms with Gasteiger partial charge in [0.2, 0.25) is 0 Å². The maximum atomic E-state index is 5.81. The summed E-state index contributed by atoms with van der Waals surface area (Å²) in [7, 11) is 0. The van der Waals surface area contributed by atoms with Crippen LogP contribution < -0.4 is 4.74 Å². The third-order valence-electron chi connectivity index (χ3n) is 3.81. The Kier molecular flexibility index (Phi) is 5.81. The largest absolute Gasteiger partial charge is 0.490 e. The lowest BCUT2D eigenvalue weighted by molar-refractivity contribution is 0.361. The molecular weight excluding hydrogens is 280 g/mol. The Bertz CT molecular complexity index is 732. The minimum Gasteiger partial charge on any atom is -0.490 e. The Balaban J connectivity index is 2.15. The molecule has 0 heterocycles. The Labute approximate surface area is 140 Å². The van der Waals surface area contributed by atoms with Crippen LogP contribution in [0.25, 0.3) is 12.2 Å². The summed E-state index contributed by atoms with van der Waals surface area (Å²) in [6, 6.07) is 12.9. The number of benzene rings is 2. The summed E-state index contributed by atoms with van der Waals surface area (Å²) < 4.78 is 5.81. The van der Waals surface area contributed by atoms with Gasteiger partial charge in [-0.2, -0.15) is 0 Å². The van der Waals surface area contributed by atoms with Crippen LogP contribution in [0.1, 0.15) is 41.7 Å². The van der Waals surface area contributed by atoms with Crippen molar-refractivity contribution in [2.75, 3.05) is 6.61 Å². The third-order valence-corrected chi connectivity index (χ3v) is 3.81. The van der Waals surface area contributed by atoms with Crippen molar-refractivity contribution in [1.29, 1.82) is 0 Å². The van der Waals surface area contributed by atoms with Crippen LogP contribution in [0.2, 0.25) is 0 Å². The fraction of sp³-hybridized carbons (Fsp3) is 0.273. The Morgan fingerprint density at radius 3 is 2.30 bits per heavy atom. The lowest BCUT2D eigenvalue weighted by atomic mass is 10.0. The van der Waals surface area contributed by atoms with Crippen LogP contribution in [-0.2, 0) is 0 Å². The zero-order chi connectivity index (χ0) is 16.8. The molecule has 0 aliphatic carbocycles. The summed E-state index contributed by atoms with van der Waals surface area (Å²) in [6.07, 6.45) is 6.39. The van der Waals surface area contributed by atoms with Gasteiger partial charge in [-0.3, -0.25) is 0 Å². The smallest absolute Gasteiger partial charge is 0.120 e. The van der Waals surface area contributed by atoms with Gasteiger partial charge in [0.25, 0.3) is 0 Å². The van der Waals surface area contributed by atoms with Crippen molar-refractivity contribution in [1.82, 2.24) is 0 Å². The highest BCUT2D eigenvalue weighted by Gasteiger charge is 1.98. The SMILES string of the molecule is CC(C)=CCOc1cc(C)cc(/C=C/c2ccc(C)c(C)c2)c1. The molecule has 0 bridgehead atoms. The van der Waals surface area contributed by atoms with Gasteiger partial charge >= 0.3 is 0 Å². The van der Waals surface area contributed by atoms with Gasteiger partial charge in [-0.05, 0) is 80.6 Å². The van der Waals surface area contributed by atoms with Gasteiger partial charge in [0.05, 0.1) is 0 Å². The quantitative estimate of drug-likeness (QED) is 0.477. The molecule has 0 N–H and O–H groups in total. The summed E-state index contributed by atoms with van der Waals surface area (Å²) in [5.74, 6) is 0.919. The van der Waals surface area contributed by atoms with Crippen LogP contribution in [0.15, 0.2) is 48.0 Å². The van der Waals surface area contributed by atoms with Gasteiger partial charge in [-0.15, -0.1) is 0 Å². The van der Waals surface area contributed by atoms with Gasteiger partial charge in [0.15, 0.2) is 0 Å². The second-order valence-corrected chi connectivity index (χ2v) is 6.35. The lowest BCUT2D eigenvalue weighted by Gasteiger charge is -2.07. The molecule has 1 nitrogen and oxygen atoms in total. The summed E-state index contributed by atoms with van der Waals surface area (Å²) in [5.41, 5.74) is 7.51. The highest BCUT2D eigenvalue weighted by molar-refractivity contribution is 5.71. The first kappa shape index (κ1) is 17.1. The van der Waals surface area contributed by atoms with E-state index in [-0.39, 0.29) is 0 Å². The first-order valence-electron chi connectivity index (χ1n) is 8.07. The number of hydrogen-bond acceptors (Lipinski definition) is 1. The zero-order valence-electron chi connectivity index (χ0n) is 14.8. The third kappa shape index (κ3) is 5.45. The zero-order valence-corrected chi connectivity index (χ0v) is 14.8. The number of aryl methyl sites for hydroxylation is 3. The summed E-state index contributed by atoms with van der Waals surface area (Å²) in [6.45, 7) is 11.2. The van der Waals surface area contributed by atoms with Crippen LogP contribution in [0.5, 0.6) is 5.75 Å². The molecular formula is C22H26O. The van der Waals surface area contributed by atoms with Crippen LogP contribution in [0, 0.1) is 20.8 Å². The standard InChI is InChI=1S/C22H26O/c1-16(2)10-11-23-22-13-17(3)12-21(15-22)9-8-20-7-6-18(4)19(5)14-20/h6-10,12-15H,11H2,1-5H3/b9-8+. The fourth-order valence-corrected chi connectivity index (χ4v) is 2.32. The second kappa shape index (κ2) is 7.82. The van der Waals surface area contributed by atoms with Crippen molar-refractivity contribution >= 4 is 12.2 Å². The maximum absolute atomic E-state index is 5.81. The van der Waals surface area contributed by atoms with Crippen LogP contribution >= 0.6 is 0 Å². The van der Waals surface area contributed by atoms with E-state index in [2.05, 4.69) is 89.2 Å². The van der Waals surface area contributed by atoms with E-state index in [9.17, 15) is 0 Å². The maximum Gasteiger partial charge on any atom is 0.120 e. The van der Waals surface area contributed by atoms with Gasteiger partial charge < -0.3 is 4.74 Å². The molecule has 2 aromatic rings. The highest BCUT2D eigenvalue weighted by Crippen LogP contribution is 2.20. The van der Waals surface area contributed by atoms with E-state index in [1.54, 1.807) is 0 Å². The molecule has 0 amide bonds. The van der Waals surface area contributed by atoms with Crippen molar-refractivity contribution < 1.29 is 4.74 Å². The molecule has 2 rings (SSSR count). The predicted molar refractivity (Wildman–Crippen MR) is 101 cm³/mol. The molecule has 0 aromatic heterocycles. The number of ether oxygens (including phenoxy) is 1. The van der Waals surface area contributed by atoms with E-state index in [0.29, 0.717) is 6.61 Å². The molecule has 0 aliphatic rings. The molecule has 0 saturated heterocycles. The minimum atomic E-state index is 0.617. The normalized spacial score (nSPS) is 10.8. The van der Waals surface area contributed by atoms with Crippen LogP contribution in [0.3, 0.4) is 0 Å².